The Morgan fingerprint density at radius 2 is 1.69 bits per heavy atom. The summed E-state index contributed by atoms with van der Waals surface area (Å²) >= 11 is 0. The van der Waals surface area contributed by atoms with E-state index in [4.69, 9.17) is 5.73 Å². The molecule has 0 radical (unpaired) electrons. The van der Waals surface area contributed by atoms with Gasteiger partial charge in [-0.1, -0.05) is 30.3 Å². The maximum absolute atomic E-state index is 5.93. The third-order valence-electron chi connectivity index (χ3n) is 2.20. The molecule has 0 spiro atoms. The Morgan fingerprint density at radius 1 is 1.15 bits per heavy atom. The lowest BCUT2D eigenvalue weighted by Gasteiger charge is -2.28. The zero-order chi connectivity index (χ0) is 9.84. The molecule has 0 saturated heterocycles. The van der Waals surface area contributed by atoms with Crippen LogP contribution in [0.15, 0.2) is 30.3 Å². The molecule has 13 heavy (non-hydrogen) atoms. The number of likely N-dealkylation sites (N-methyl/N-ethyl adjacent to an activating group) is 1. The average Bonchev–Trinajstić information content (AvgIpc) is 2.04. The van der Waals surface area contributed by atoms with Crippen LogP contribution < -0.4 is 5.73 Å². The number of benzene rings is 1. The molecule has 0 bridgehead atoms. The largest absolute Gasteiger partial charge is 0.326 e. The molecule has 1 aromatic rings. The summed E-state index contributed by atoms with van der Waals surface area (Å²) in [5.41, 5.74) is 7.21. The minimum Gasteiger partial charge on any atom is -0.326 e. The summed E-state index contributed by atoms with van der Waals surface area (Å²) in [4.78, 5) is 2.15. The van der Waals surface area contributed by atoms with Gasteiger partial charge in [0.25, 0.3) is 0 Å². The molecule has 0 aromatic heterocycles. The van der Waals surface area contributed by atoms with Gasteiger partial charge in [-0.25, -0.2) is 0 Å². The molecule has 2 atom stereocenters. The highest BCUT2D eigenvalue weighted by atomic mass is 15.1. The van der Waals surface area contributed by atoms with Gasteiger partial charge in [-0.2, -0.15) is 0 Å². The summed E-state index contributed by atoms with van der Waals surface area (Å²) in [5.74, 6) is 0. The fourth-order valence-corrected chi connectivity index (χ4v) is 1.72. The second kappa shape index (κ2) is 4.40. The molecular weight excluding hydrogens is 160 g/mol. The first-order valence-electron chi connectivity index (χ1n) is 4.60. The van der Waals surface area contributed by atoms with Gasteiger partial charge in [0.05, 0.1) is 0 Å². The van der Waals surface area contributed by atoms with E-state index >= 15 is 0 Å². The first-order chi connectivity index (χ1) is 6.13. The number of nitrogens with zero attached hydrogens (tertiary/aromatic N) is 1. The van der Waals surface area contributed by atoms with Gasteiger partial charge in [0.2, 0.25) is 0 Å². The molecular formula is C11H18N2. The zero-order valence-corrected chi connectivity index (χ0v) is 8.57. The maximum Gasteiger partial charge on any atom is 0.0491 e. The molecule has 0 heterocycles. The molecule has 0 aliphatic heterocycles. The van der Waals surface area contributed by atoms with Crippen molar-refractivity contribution >= 4 is 0 Å². The molecule has 0 aliphatic rings. The van der Waals surface area contributed by atoms with Crippen LogP contribution in [-0.2, 0) is 0 Å². The summed E-state index contributed by atoms with van der Waals surface area (Å²) in [6, 6.07) is 10.8. The van der Waals surface area contributed by atoms with Crippen molar-refractivity contribution in [2.45, 2.75) is 19.0 Å². The van der Waals surface area contributed by atoms with Crippen molar-refractivity contribution in [2.75, 3.05) is 14.1 Å². The fraction of sp³-hybridized carbons (Fsp3) is 0.455. The van der Waals surface area contributed by atoms with Crippen molar-refractivity contribution in [3.8, 4) is 0 Å². The molecule has 2 heteroatoms. The summed E-state index contributed by atoms with van der Waals surface area (Å²) in [7, 11) is 4.11. The standard InChI is InChI=1S/C11H18N2/c1-9(12)11(13(2)3)10-7-5-4-6-8-10/h4-9,11H,12H2,1-3H3/t9-,11-/m0/s1. The van der Waals surface area contributed by atoms with Crippen molar-refractivity contribution in [3.05, 3.63) is 35.9 Å². The van der Waals surface area contributed by atoms with E-state index in [1.54, 1.807) is 0 Å². The van der Waals surface area contributed by atoms with E-state index in [-0.39, 0.29) is 6.04 Å². The Bertz CT molecular complexity index is 234. The average molecular weight is 178 g/mol. The Balaban J connectivity index is 2.89. The molecule has 0 fully saturated rings. The van der Waals surface area contributed by atoms with Crippen molar-refractivity contribution in [1.82, 2.24) is 4.90 Å². The molecule has 0 aliphatic carbocycles. The molecule has 1 rings (SSSR count). The summed E-state index contributed by atoms with van der Waals surface area (Å²) < 4.78 is 0. The van der Waals surface area contributed by atoms with Crippen molar-refractivity contribution in [2.24, 2.45) is 5.73 Å². The minimum atomic E-state index is 0.150. The van der Waals surface area contributed by atoms with Gasteiger partial charge in [-0.05, 0) is 26.6 Å². The Kier molecular flexibility index (Phi) is 3.46. The van der Waals surface area contributed by atoms with Crippen LogP contribution in [0.5, 0.6) is 0 Å². The lowest BCUT2D eigenvalue weighted by molar-refractivity contribution is 0.266. The Morgan fingerprint density at radius 3 is 2.08 bits per heavy atom. The Hall–Kier alpha value is -0.860. The van der Waals surface area contributed by atoms with Crippen LogP contribution in [0.1, 0.15) is 18.5 Å². The van der Waals surface area contributed by atoms with Crippen LogP contribution in [0, 0.1) is 0 Å². The molecule has 2 N–H and O–H groups in total. The monoisotopic (exact) mass is 178 g/mol. The highest BCUT2D eigenvalue weighted by Gasteiger charge is 2.17. The van der Waals surface area contributed by atoms with Gasteiger partial charge in [0, 0.05) is 12.1 Å². The molecule has 72 valence electrons. The van der Waals surface area contributed by atoms with E-state index in [0.29, 0.717) is 6.04 Å². The summed E-state index contributed by atoms with van der Waals surface area (Å²) in [6.45, 7) is 2.04. The summed E-state index contributed by atoms with van der Waals surface area (Å²) in [5, 5.41) is 0. The van der Waals surface area contributed by atoms with E-state index in [1.165, 1.54) is 5.56 Å². The molecule has 0 saturated carbocycles. The van der Waals surface area contributed by atoms with Gasteiger partial charge >= 0.3 is 0 Å². The zero-order valence-electron chi connectivity index (χ0n) is 8.57. The lowest BCUT2D eigenvalue weighted by atomic mass is 10.0. The molecule has 2 nitrogen and oxygen atoms in total. The van der Waals surface area contributed by atoms with E-state index in [2.05, 4.69) is 31.1 Å². The minimum absolute atomic E-state index is 0.150. The topological polar surface area (TPSA) is 29.3 Å². The van der Waals surface area contributed by atoms with Crippen LogP contribution in [0.25, 0.3) is 0 Å². The first kappa shape index (κ1) is 10.2. The van der Waals surface area contributed by atoms with Gasteiger partial charge in [-0.3, -0.25) is 0 Å². The Labute approximate surface area is 80.4 Å². The van der Waals surface area contributed by atoms with Crippen LogP contribution in [-0.4, -0.2) is 25.0 Å². The van der Waals surface area contributed by atoms with Gasteiger partial charge < -0.3 is 10.6 Å². The number of nitrogens with two attached hydrogens (primary N) is 1. The van der Waals surface area contributed by atoms with Crippen LogP contribution >= 0.6 is 0 Å². The molecule has 0 amide bonds. The highest BCUT2D eigenvalue weighted by molar-refractivity contribution is 5.20. The SMILES string of the molecule is C[C@H](N)[C@@H](c1ccccc1)N(C)C. The second-order valence-corrected chi connectivity index (χ2v) is 3.68. The second-order valence-electron chi connectivity index (χ2n) is 3.68. The molecule has 1 aromatic carbocycles. The van der Waals surface area contributed by atoms with Crippen molar-refractivity contribution in [1.29, 1.82) is 0 Å². The third-order valence-corrected chi connectivity index (χ3v) is 2.20. The first-order valence-corrected chi connectivity index (χ1v) is 4.60. The van der Waals surface area contributed by atoms with Gasteiger partial charge in [-0.15, -0.1) is 0 Å². The van der Waals surface area contributed by atoms with Crippen molar-refractivity contribution in [3.63, 3.8) is 0 Å². The van der Waals surface area contributed by atoms with E-state index in [1.807, 2.05) is 25.1 Å². The fourth-order valence-electron chi connectivity index (χ4n) is 1.72. The van der Waals surface area contributed by atoms with Crippen LogP contribution in [0.2, 0.25) is 0 Å². The summed E-state index contributed by atoms with van der Waals surface area (Å²) in [6.07, 6.45) is 0. The van der Waals surface area contributed by atoms with Gasteiger partial charge in [0.1, 0.15) is 0 Å². The number of hydrogen-bond donors (Lipinski definition) is 1. The predicted octanol–water partition coefficient (Wildman–Crippen LogP) is 1.64. The number of rotatable bonds is 3. The van der Waals surface area contributed by atoms with Crippen LogP contribution in [0.4, 0.5) is 0 Å². The number of hydrogen-bond acceptors (Lipinski definition) is 2. The highest BCUT2D eigenvalue weighted by Crippen LogP contribution is 2.19. The maximum atomic E-state index is 5.93. The molecule has 0 unspecified atom stereocenters. The van der Waals surface area contributed by atoms with E-state index in [0.717, 1.165) is 0 Å². The third kappa shape index (κ3) is 2.54. The predicted molar refractivity (Wildman–Crippen MR) is 56.5 cm³/mol. The normalized spacial score (nSPS) is 15.8. The quantitative estimate of drug-likeness (QED) is 0.762. The van der Waals surface area contributed by atoms with E-state index < -0.39 is 0 Å². The smallest absolute Gasteiger partial charge is 0.0491 e. The lowest BCUT2D eigenvalue weighted by Crippen LogP contribution is -2.34. The van der Waals surface area contributed by atoms with Gasteiger partial charge in [0.15, 0.2) is 0 Å². The van der Waals surface area contributed by atoms with E-state index in [9.17, 15) is 0 Å². The van der Waals surface area contributed by atoms with Crippen molar-refractivity contribution < 1.29 is 0 Å². The van der Waals surface area contributed by atoms with Crippen LogP contribution in [0.3, 0.4) is 0 Å².